The van der Waals surface area contributed by atoms with Gasteiger partial charge in [0.05, 0.1) is 16.5 Å². The van der Waals surface area contributed by atoms with Gasteiger partial charge in [0.15, 0.2) is 17.3 Å². The molecule has 0 saturated carbocycles. The van der Waals surface area contributed by atoms with Crippen molar-refractivity contribution in [3.05, 3.63) is 81.4 Å². The van der Waals surface area contributed by atoms with Gasteiger partial charge in [-0.25, -0.2) is 4.98 Å². The Labute approximate surface area is 175 Å². The maximum absolute atomic E-state index is 13.3. The molecule has 2 aliphatic heterocycles. The maximum atomic E-state index is 13.3. The Kier molecular flexibility index (Phi) is 4.29. The van der Waals surface area contributed by atoms with Crippen molar-refractivity contribution in [2.75, 3.05) is 11.7 Å². The minimum Gasteiger partial charge on any atom is -0.503 e. The number of hydrogen-bond acceptors (Lipinski definition) is 7. The summed E-state index contributed by atoms with van der Waals surface area (Å²) < 4.78 is 10.9. The van der Waals surface area contributed by atoms with Crippen LogP contribution in [0.25, 0.3) is 0 Å². The van der Waals surface area contributed by atoms with Crippen LogP contribution in [-0.4, -0.2) is 28.6 Å². The summed E-state index contributed by atoms with van der Waals surface area (Å²) in [5.41, 5.74) is 1.34. The SMILES string of the molecule is Cc1cccc(N2C(=O)C(O)=C(C(=O)c3cccs3)[C@H]2c2ccc3c(c2)OCO3)n1. The van der Waals surface area contributed by atoms with Crippen molar-refractivity contribution in [2.24, 2.45) is 0 Å². The molecular formula is C22H16N2O5S. The predicted molar refractivity (Wildman–Crippen MR) is 110 cm³/mol. The fraction of sp³-hybridized carbons (Fsp3) is 0.136. The zero-order valence-electron chi connectivity index (χ0n) is 15.9. The summed E-state index contributed by atoms with van der Waals surface area (Å²) in [4.78, 5) is 32.6. The van der Waals surface area contributed by atoms with Crippen molar-refractivity contribution in [1.82, 2.24) is 4.98 Å². The molecule has 0 aliphatic carbocycles. The third kappa shape index (κ3) is 2.84. The number of aliphatic hydroxyl groups is 1. The molecule has 8 heteroatoms. The van der Waals surface area contributed by atoms with Gasteiger partial charge in [-0.05, 0) is 48.2 Å². The summed E-state index contributed by atoms with van der Waals surface area (Å²) in [6, 6.07) is 13.0. The molecule has 1 amide bonds. The number of nitrogens with zero attached hydrogens (tertiary/aromatic N) is 2. The smallest absolute Gasteiger partial charge is 0.295 e. The van der Waals surface area contributed by atoms with E-state index < -0.39 is 23.5 Å². The lowest BCUT2D eigenvalue weighted by atomic mass is 9.95. The van der Waals surface area contributed by atoms with Crippen LogP contribution in [-0.2, 0) is 4.79 Å². The lowest BCUT2D eigenvalue weighted by Gasteiger charge is -2.26. The topological polar surface area (TPSA) is 89.0 Å². The molecule has 0 saturated heterocycles. The predicted octanol–water partition coefficient (Wildman–Crippen LogP) is 3.96. The first kappa shape index (κ1) is 18.4. The number of thiophene rings is 1. The minimum absolute atomic E-state index is 0.0182. The average molecular weight is 420 g/mol. The van der Waals surface area contributed by atoms with Crippen LogP contribution in [0.5, 0.6) is 11.5 Å². The van der Waals surface area contributed by atoms with Crippen LogP contribution in [0.3, 0.4) is 0 Å². The van der Waals surface area contributed by atoms with E-state index in [1.807, 2.05) is 13.0 Å². The number of fused-ring (bicyclic) bond motifs is 1. The monoisotopic (exact) mass is 420 g/mol. The number of carbonyl (C=O) groups is 2. The zero-order valence-corrected chi connectivity index (χ0v) is 16.7. The van der Waals surface area contributed by atoms with E-state index >= 15 is 0 Å². The fourth-order valence-corrected chi connectivity index (χ4v) is 4.35. The number of aromatic nitrogens is 1. The number of rotatable bonds is 4. The number of aryl methyl sites for hydroxylation is 1. The van der Waals surface area contributed by atoms with Crippen molar-refractivity contribution in [3.8, 4) is 11.5 Å². The van der Waals surface area contributed by atoms with Crippen molar-refractivity contribution < 1.29 is 24.2 Å². The van der Waals surface area contributed by atoms with Crippen LogP contribution in [0.4, 0.5) is 5.82 Å². The summed E-state index contributed by atoms with van der Waals surface area (Å²) in [5.74, 6) is -0.180. The number of amides is 1. The second-order valence-electron chi connectivity index (χ2n) is 6.90. The number of hydrogen-bond donors (Lipinski definition) is 1. The quantitative estimate of drug-likeness (QED) is 0.643. The molecule has 1 aromatic carbocycles. The lowest BCUT2D eigenvalue weighted by Crippen LogP contribution is -2.31. The van der Waals surface area contributed by atoms with Gasteiger partial charge >= 0.3 is 0 Å². The van der Waals surface area contributed by atoms with E-state index in [1.165, 1.54) is 16.2 Å². The first-order chi connectivity index (χ1) is 14.5. The van der Waals surface area contributed by atoms with Gasteiger partial charge in [-0.2, -0.15) is 0 Å². The number of benzene rings is 1. The molecule has 0 unspecified atom stereocenters. The molecule has 0 fully saturated rings. The van der Waals surface area contributed by atoms with Gasteiger partial charge in [0, 0.05) is 5.69 Å². The summed E-state index contributed by atoms with van der Waals surface area (Å²) in [6.07, 6.45) is 0. The van der Waals surface area contributed by atoms with Gasteiger partial charge in [0.2, 0.25) is 12.6 Å². The first-order valence-electron chi connectivity index (χ1n) is 9.22. The Morgan fingerprint density at radius 1 is 1.17 bits per heavy atom. The number of aliphatic hydroxyl groups excluding tert-OH is 1. The van der Waals surface area contributed by atoms with E-state index in [1.54, 1.807) is 47.8 Å². The Morgan fingerprint density at radius 2 is 2.00 bits per heavy atom. The largest absolute Gasteiger partial charge is 0.503 e. The van der Waals surface area contributed by atoms with E-state index in [0.29, 0.717) is 33.5 Å². The van der Waals surface area contributed by atoms with Gasteiger partial charge in [0.1, 0.15) is 5.82 Å². The third-order valence-electron chi connectivity index (χ3n) is 5.03. The first-order valence-corrected chi connectivity index (χ1v) is 10.1. The van der Waals surface area contributed by atoms with Crippen molar-refractivity contribution in [3.63, 3.8) is 0 Å². The molecule has 5 rings (SSSR count). The Morgan fingerprint density at radius 3 is 2.77 bits per heavy atom. The summed E-state index contributed by atoms with van der Waals surface area (Å²) >= 11 is 1.25. The highest BCUT2D eigenvalue weighted by atomic mass is 32.1. The van der Waals surface area contributed by atoms with Crippen LogP contribution in [0.1, 0.15) is 27.0 Å². The van der Waals surface area contributed by atoms with Crippen molar-refractivity contribution in [2.45, 2.75) is 13.0 Å². The van der Waals surface area contributed by atoms with E-state index in [-0.39, 0.29) is 12.4 Å². The van der Waals surface area contributed by atoms with Crippen LogP contribution in [0.2, 0.25) is 0 Å². The molecule has 3 aromatic rings. The normalized spacial score (nSPS) is 17.7. The number of carbonyl (C=O) groups excluding carboxylic acids is 2. The summed E-state index contributed by atoms with van der Waals surface area (Å²) in [5, 5.41) is 12.5. The van der Waals surface area contributed by atoms with Gasteiger partial charge in [-0.15, -0.1) is 11.3 Å². The van der Waals surface area contributed by atoms with E-state index in [2.05, 4.69) is 4.98 Å². The van der Waals surface area contributed by atoms with Crippen molar-refractivity contribution in [1.29, 1.82) is 0 Å². The molecule has 4 heterocycles. The molecule has 2 aromatic heterocycles. The Hall–Kier alpha value is -3.65. The number of anilines is 1. The molecule has 7 nitrogen and oxygen atoms in total. The molecule has 0 radical (unpaired) electrons. The molecule has 1 N–H and O–H groups in total. The Bertz CT molecular complexity index is 1200. The van der Waals surface area contributed by atoms with E-state index in [4.69, 9.17) is 9.47 Å². The second-order valence-corrected chi connectivity index (χ2v) is 7.84. The molecule has 1 atom stereocenters. The number of Topliss-reactive ketones (excluding diaryl/α,β-unsaturated/α-hetero) is 1. The lowest BCUT2D eigenvalue weighted by molar-refractivity contribution is -0.117. The molecule has 30 heavy (non-hydrogen) atoms. The van der Waals surface area contributed by atoms with Crippen LogP contribution in [0, 0.1) is 6.92 Å². The fourth-order valence-electron chi connectivity index (χ4n) is 3.68. The molecule has 0 spiro atoms. The Balaban J connectivity index is 1.68. The standard InChI is InChI=1S/C22H16N2O5S/c1-12-4-2-6-17(23-12)24-19(13-7-8-14-15(10-13)29-11-28-14)18(21(26)22(24)27)20(25)16-5-3-9-30-16/h2-10,19,26H,11H2,1H3/t19-/m1/s1. The average Bonchev–Trinajstić information content (AvgIpc) is 3.47. The highest BCUT2D eigenvalue weighted by Crippen LogP contribution is 2.44. The number of ether oxygens (including phenoxy) is 2. The van der Waals surface area contributed by atoms with E-state index in [0.717, 1.165) is 0 Å². The zero-order chi connectivity index (χ0) is 20.8. The highest BCUT2D eigenvalue weighted by molar-refractivity contribution is 7.12. The van der Waals surface area contributed by atoms with Crippen LogP contribution >= 0.6 is 11.3 Å². The van der Waals surface area contributed by atoms with Crippen LogP contribution in [0.15, 0.2) is 65.2 Å². The van der Waals surface area contributed by atoms with Gasteiger partial charge in [-0.1, -0.05) is 18.2 Å². The summed E-state index contributed by atoms with van der Waals surface area (Å²) in [7, 11) is 0. The molecule has 0 bridgehead atoms. The van der Waals surface area contributed by atoms with Gasteiger partial charge in [0.25, 0.3) is 5.91 Å². The second kappa shape index (κ2) is 7.00. The molecular weight excluding hydrogens is 404 g/mol. The van der Waals surface area contributed by atoms with E-state index in [9.17, 15) is 14.7 Å². The third-order valence-corrected chi connectivity index (χ3v) is 5.90. The minimum atomic E-state index is -0.851. The van der Waals surface area contributed by atoms with Crippen molar-refractivity contribution >= 4 is 28.8 Å². The van der Waals surface area contributed by atoms with Gasteiger partial charge in [-0.3, -0.25) is 14.5 Å². The summed E-state index contributed by atoms with van der Waals surface area (Å²) in [6.45, 7) is 1.91. The highest BCUT2D eigenvalue weighted by Gasteiger charge is 2.45. The molecule has 150 valence electrons. The number of ketones is 1. The maximum Gasteiger partial charge on any atom is 0.295 e. The number of pyridine rings is 1. The van der Waals surface area contributed by atoms with Gasteiger partial charge < -0.3 is 14.6 Å². The van der Waals surface area contributed by atoms with Crippen LogP contribution < -0.4 is 14.4 Å². The molecule has 2 aliphatic rings.